The van der Waals surface area contributed by atoms with Gasteiger partial charge in [0.15, 0.2) is 0 Å². The van der Waals surface area contributed by atoms with Crippen molar-refractivity contribution in [2.45, 2.75) is 13.3 Å². The Kier molecular flexibility index (Phi) is 4.22. The minimum absolute atomic E-state index is 0.836. The summed E-state index contributed by atoms with van der Waals surface area (Å²) in [4.78, 5) is 22.1. The van der Waals surface area contributed by atoms with Gasteiger partial charge in [-0.05, 0) is 19.1 Å². The zero-order chi connectivity index (χ0) is 17.4. The van der Waals surface area contributed by atoms with Crippen molar-refractivity contribution in [3.63, 3.8) is 0 Å². The molecule has 0 saturated carbocycles. The first-order chi connectivity index (χ1) is 12.2. The van der Waals surface area contributed by atoms with Crippen molar-refractivity contribution in [2.24, 2.45) is 5.16 Å². The number of aromatic nitrogens is 3. The highest BCUT2D eigenvalue weighted by molar-refractivity contribution is 7.25. The smallest absolute Gasteiger partial charge is 0.138 e. The van der Waals surface area contributed by atoms with E-state index in [0.717, 1.165) is 55.5 Å². The molecule has 8 heteroatoms. The summed E-state index contributed by atoms with van der Waals surface area (Å²) in [6, 6.07) is 3.95. The van der Waals surface area contributed by atoms with Crippen molar-refractivity contribution >= 4 is 33.4 Å². The molecule has 0 amide bonds. The third-order valence-electron chi connectivity index (χ3n) is 4.01. The van der Waals surface area contributed by atoms with Gasteiger partial charge in [-0.2, -0.15) is 0 Å². The van der Waals surface area contributed by atoms with Crippen LogP contribution in [0.1, 0.15) is 17.8 Å². The number of hydrogen-bond donors (Lipinski definition) is 0. The maximum absolute atomic E-state index is 4.99. The van der Waals surface area contributed by atoms with Crippen LogP contribution < -0.4 is 4.90 Å². The topological polar surface area (TPSA) is 63.5 Å². The molecule has 4 rings (SSSR count). The Morgan fingerprint density at radius 3 is 2.88 bits per heavy atom. The first kappa shape index (κ1) is 16.2. The molecule has 3 aromatic heterocycles. The van der Waals surface area contributed by atoms with Crippen LogP contribution in [0, 0.1) is 6.92 Å². The Balaban J connectivity index is 1.78. The van der Waals surface area contributed by atoms with E-state index in [1.54, 1.807) is 36.0 Å². The van der Waals surface area contributed by atoms with Gasteiger partial charge in [-0.25, -0.2) is 9.97 Å². The maximum Gasteiger partial charge on any atom is 0.138 e. The lowest BCUT2D eigenvalue weighted by molar-refractivity contribution is 0.212. The Hall–Kier alpha value is -2.32. The summed E-state index contributed by atoms with van der Waals surface area (Å²) >= 11 is 3.33. The van der Waals surface area contributed by atoms with Gasteiger partial charge in [0.1, 0.15) is 33.5 Å². The van der Waals surface area contributed by atoms with Gasteiger partial charge in [0.2, 0.25) is 0 Å². The molecule has 0 radical (unpaired) electrons. The Morgan fingerprint density at radius 2 is 2.12 bits per heavy atom. The summed E-state index contributed by atoms with van der Waals surface area (Å²) in [5.41, 5.74) is 3.85. The van der Waals surface area contributed by atoms with Gasteiger partial charge in [0.25, 0.3) is 0 Å². The molecule has 0 bridgehead atoms. The van der Waals surface area contributed by atoms with Crippen LogP contribution in [0.25, 0.3) is 20.5 Å². The summed E-state index contributed by atoms with van der Waals surface area (Å²) < 4.78 is 0. The minimum Gasteiger partial charge on any atom is -0.399 e. The molecule has 0 saturated heterocycles. The van der Waals surface area contributed by atoms with Gasteiger partial charge in [-0.3, -0.25) is 4.98 Å². The maximum atomic E-state index is 4.99. The van der Waals surface area contributed by atoms with Crippen LogP contribution in [0.2, 0.25) is 0 Å². The monoisotopic (exact) mass is 371 g/mol. The molecule has 3 aromatic rings. The number of rotatable bonds is 3. The van der Waals surface area contributed by atoms with E-state index < -0.39 is 0 Å². The Morgan fingerprint density at radius 1 is 1.24 bits per heavy atom. The standard InChI is InChI=1S/C17H17N5OS2/c1-10-14(24-15(19-10)11-5-4-7-18-9-11)16-20-13-12(21-23-3)6-8-22(2)17(13)25-16/h4-5,7,9H,6,8H2,1-3H3/b21-12+. The molecule has 0 N–H and O–H groups in total. The van der Waals surface area contributed by atoms with Crippen LogP contribution in [-0.4, -0.2) is 41.4 Å². The van der Waals surface area contributed by atoms with Crippen molar-refractivity contribution in [3.8, 4) is 20.5 Å². The second-order valence-corrected chi connectivity index (χ2v) is 7.72. The molecule has 0 fully saturated rings. The number of oxime groups is 1. The van der Waals surface area contributed by atoms with Crippen molar-refractivity contribution in [2.75, 3.05) is 25.6 Å². The van der Waals surface area contributed by atoms with E-state index in [0.29, 0.717) is 0 Å². The second kappa shape index (κ2) is 6.53. The number of pyridine rings is 1. The first-order valence-corrected chi connectivity index (χ1v) is 9.51. The summed E-state index contributed by atoms with van der Waals surface area (Å²) in [6.45, 7) is 2.94. The molecule has 25 heavy (non-hydrogen) atoms. The summed E-state index contributed by atoms with van der Waals surface area (Å²) in [5.74, 6) is 0. The highest BCUT2D eigenvalue weighted by Gasteiger charge is 2.27. The van der Waals surface area contributed by atoms with Crippen LogP contribution in [0.4, 0.5) is 5.00 Å². The predicted molar refractivity (Wildman–Crippen MR) is 103 cm³/mol. The van der Waals surface area contributed by atoms with E-state index in [-0.39, 0.29) is 0 Å². The van der Waals surface area contributed by atoms with Crippen molar-refractivity contribution in [3.05, 3.63) is 35.9 Å². The molecule has 4 heterocycles. The van der Waals surface area contributed by atoms with E-state index in [1.807, 2.05) is 25.3 Å². The summed E-state index contributed by atoms with van der Waals surface area (Å²) in [5, 5.41) is 7.23. The molecule has 0 unspecified atom stereocenters. The molecule has 1 aliphatic heterocycles. The fourth-order valence-corrected chi connectivity index (χ4v) is 5.01. The zero-order valence-electron chi connectivity index (χ0n) is 14.2. The quantitative estimate of drug-likeness (QED) is 0.655. The Labute approximate surface area is 153 Å². The van der Waals surface area contributed by atoms with Gasteiger partial charge in [-0.15, -0.1) is 11.3 Å². The lowest BCUT2D eigenvalue weighted by Crippen LogP contribution is -2.27. The van der Waals surface area contributed by atoms with Crippen LogP contribution in [0.15, 0.2) is 29.7 Å². The number of aryl methyl sites for hydroxylation is 1. The largest absolute Gasteiger partial charge is 0.399 e. The van der Waals surface area contributed by atoms with Gasteiger partial charge in [-0.1, -0.05) is 16.5 Å². The molecular weight excluding hydrogens is 354 g/mol. The second-order valence-electron chi connectivity index (χ2n) is 5.74. The van der Waals surface area contributed by atoms with Gasteiger partial charge < -0.3 is 9.74 Å². The number of anilines is 1. The fourth-order valence-electron chi connectivity index (χ4n) is 2.76. The highest BCUT2D eigenvalue weighted by Crippen LogP contribution is 2.42. The molecule has 0 atom stereocenters. The zero-order valence-corrected chi connectivity index (χ0v) is 15.8. The lowest BCUT2D eigenvalue weighted by atomic mass is 10.1. The van der Waals surface area contributed by atoms with E-state index in [4.69, 9.17) is 14.8 Å². The summed E-state index contributed by atoms with van der Waals surface area (Å²) in [7, 11) is 3.66. The fraction of sp³-hybridized carbons (Fsp3) is 0.294. The van der Waals surface area contributed by atoms with Crippen LogP contribution in [-0.2, 0) is 4.84 Å². The lowest BCUT2D eigenvalue weighted by Gasteiger charge is -2.23. The van der Waals surface area contributed by atoms with E-state index in [1.165, 1.54) is 0 Å². The first-order valence-electron chi connectivity index (χ1n) is 7.88. The average molecular weight is 371 g/mol. The summed E-state index contributed by atoms with van der Waals surface area (Å²) in [6.07, 6.45) is 4.45. The van der Waals surface area contributed by atoms with Crippen molar-refractivity contribution < 1.29 is 4.84 Å². The molecular formula is C17H17N5OS2. The third-order valence-corrected chi connectivity index (χ3v) is 6.54. The number of nitrogens with zero attached hydrogens (tertiary/aromatic N) is 5. The van der Waals surface area contributed by atoms with Crippen LogP contribution in [0.5, 0.6) is 0 Å². The molecule has 0 spiro atoms. The third kappa shape index (κ3) is 2.91. The van der Waals surface area contributed by atoms with E-state index >= 15 is 0 Å². The van der Waals surface area contributed by atoms with Gasteiger partial charge in [0.05, 0.1) is 10.6 Å². The van der Waals surface area contributed by atoms with Crippen LogP contribution in [0.3, 0.4) is 0 Å². The van der Waals surface area contributed by atoms with Crippen LogP contribution >= 0.6 is 22.7 Å². The van der Waals surface area contributed by atoms with Crippen molar-refractivity contribution in [1.29, 1.82) is 0 Å². The number of fused-ring (bicyclic) bond motifs is 1. The highest BCUT2D eigenvalue weighted by atomic mass is 32.1. The molecule has 128 valence electrons. The van der Waals surface area contributed by atoms with Gasteiger partial charge in [0, 0.05) is 38.0 Å². The normalized spacial score (nSPS) is 15.5. The van der Waals surface area contributed by atoms with E-state index in [2.05, 4.69) is 22.1 Å². The number of thiazole rings is 2. The molecule has 1 aliphatic rings. The molecule has 0 aliphatic carbocycles. The Bertz CT molecular complexity index is 932. The SMILES string of the molecule is CO/N=C1\CCN(C)c2sc(-c3sc(-c4cccnc4)nc3C)nc21. The van der Waals surface area contributed by atoms with E-state index in [9.17, 15) is 0 Å². The minimum atomic E-state index is 0.836. The molecule has 0 aromatic carbocycles. The van der Waals surface area contributed by atoms with Crippen molar-refractivity contribution in [1.82, 2.24) is 15.0 Å². The van der Waals surface area contributed by atoms with Gasteiger partial charge >= 0.3 is 0 Å². The average Bonchev–Trinajstić information content (AvgIpc) is 3.23. The predicted octanol–water partition coefficient (Wildman–Crippen LogP) is 3.83. The number of hydrogen-bond acceptors (Lipinski definition) is 8. The molecule has 6 nitrogen and oxygen atoms in total.